The van der Waals surface area contributed by atoms with Crippen LogP contribution in [0.5, 0.6) is 0 Å². The number of esters is 1. The lowest BCUT2D eigenvalue weighted by Crippen LogP contribution is -2.53. The number of allylic oxidation sites excluding steroid dienone is 1. The Bertz CT molecular complexity index is 695. The molecule has 0 unspecified atom stereocenters. The number of hydrogen-bond acceptors (Lipinski definition) is 4. The second-order valence-electron chi connectivity index (χ2n) is 9.61. The molecule has 0 radical (unpaired) electrons. The Kier molecular flexibility index (Phi) is 6.57. The molecule has 3 aliphatic rings. The van der Waals surface area contributed by atoms with Gasteiger partial charge < -0.3 is 14.6 Å². The highest BCUT2D eigenvalue weighted by Gasteiger charge is 2.57. The number of carboxylic acid groups (broad SMARTS) is 1. The third kappa shape index (κ3) is 4.16. The van der Waals surface area contributed by atoms with E-state index in [2.05, 4.69) is 20.4 Å². The number of fused-ring (bicyclic) bond motifs is 1. The third-order valence-corrected chi connectivity index (χ3v) is 7.81. The first-order valence-corrected chi connectivity index (χ1v) is 11.2. The van der Waals surface area contributed by atoms with Crippen molar-refractivity contribution >= 4 is 11.9 Å². The molecule has 5 atom stereocenters. The minimum atomic E-state index is -0.672. The first-order chi connectivity index (χ1) is 13.7. The summed E-state index contributed by atoms with van der Waals surface area (Å²) >= 11 is 0. The average Bonchev–Trinajstić information content (AvgIpc) is 3.00. The predicted octanol–water partition coefficient (Wildman–Crippen LogP) is 5.26. The van der Waals surface area contributed by atoms with Crippen LogP contribution in [0.2, 0.25) is 0 Å². The molecule has 1 heterocycles. The minimum absolute atomic E-state index is 0.0825. The first-order valence-electron chi connectivity index (χ1n) is 11.2. The highest BCUT2D eigenvalue weighted by atomic mass is 16.7. The molecule has 0 amide bonds. The van der Waals surface area contributed by atoms with Crippen molar-refractivity contribution in [3.8, 4) is 0 Å². The quantitative estimate of drug-likeness (QED) is 0.339. The molecular formula is C24H36O5. The molecule has 0 bridgehead atoms. The smallest absolute Gasteiger partial charge is 0.336 e. The molecule has 1 aliphatic heterocycles. The lowest BCUT2D eigenvalue weighted by Gasteiger charge is -2.57. The summed E-state index contributed by atoms with van der Waals surface area (Å²) < 4.78 is 10.9. The predicted molar refractivity (Wildman–Crippen MR) is 111 cm³/mol. The van der Waals surface area contributed by atoms with Gasteiger partial charge >= 0.3 is 11.9 Å². The Morgan fingerprint density at radius 1 is 1.38 bits per heavy atom. The summed E-state index contributed by atoms with van der Waals surface area (Å²) in [4.78, 5) is 24.4. The van der Waals surface area contributed by atoms with Gasteiger partial charge in [-0.3, -0.25) is 4.79 Å². The molecule has 0 aromatic heterocycles. The van der Waals surface area contributed by atoms with Gasteiger partial charge in [0.1, 0.15) is 0 Å². The zero-order chi connectivity index (χ0) is 21.2. The summed E-state index contributed by atoms with van der Waals surface area (Å²) in [6.45, 7) is 11.2. The van der Waals surface area contributed by atoms with Crippen LogP contribution in [-0.4, -0.2) is 29.9 Å². The van der Waals surface area contributed by atoms with Crippen molar-refractivity contribution in [1.82, 2.24) is 0 Å². The summed E-state index contributed by atoms with van der Waals surface area (Å²) in [6.07, 6.45) is 9.14. The number of rotatable bonds is 8. The van der Waals surface area contributed by atoms with Crippen LogP contribution in [0.4, 0.5) is 0 Å². The van der Waals surface area contributed by atoms with Gasteiger partial charge in [0.2, 0.25) is 6.29 Å². The molecule has 0 spiro atoms. The molecule has 5 nitrogen and oxygen atoms in total. The number of carbonyl (C=O) groups excluding carboxylic acids is 1. The van der Waals surface area contributed by atoms with Gasteiger partial charge in [-0.1, -0.05) is 38.8 Å². The third-order valence-electron chi connectivity index (χ3n) is 7.81. The molecule has 2 saturated carbocycles. The van der Waals surface area contributed by atoms with Gasteiger partial charge in [-0.25, -0.2) is 4.79 Å². The van der Waals surface area contributed by atoms with Crippen LogP contribution in [0.15, 0.2) is 23.8 Å². The van der Waals surface area contributed by atoms with Gasteiger partial charge in [0.15, 0.2) is 0 Å². The number of carbonyl (C=O) groups is 2. The fourth-order valence-electron chi connectivity index (χ4n) is 6.10. The monoisotopic (exact) mass is 404 g/mol. The van der Waals surface area contributed by atoms with E-state index >= 15 is 0 Å². The van der Waals surface area contributed by atoms with Gasteiger partial charge in [-0.2, -0.15) is 0 Å². The second kappa shape index (κ2) is 8.63. The SMILES string of the molecule is C=C1CC[C@@H]2[C@](C)(CCC[C@]2(C)C(=O)O)[C@H]1CCC1=C[C@H](OCCCC)OC1=O. The Morgan fingerprint density at radius 3 is 2.83 bits per heavy atom. The number of ether oxygens (including phenoxy) is 2. The molecule has 2 fully saturated rings. The van der Waals surface area contributed by atoms with E-state index in [0.29, 0.717) is 18.6 Å². The van der Waals surface area contributed by atoms with E-state index in [1.165, 1.54) is 5.57 Å². The van der Waals surface area contributed by atoms with Gasteiger partial charge in [0.05, 0.1) is 12.0 Å². The first kappa shape index (κ1) is 22.1. The fraction of sp³-hybridized carbons (Fsp3) is 0.750. The van der Waals surface area contributed by atoms with E-state index in [1.807, 2.05) is 13.0 Å². The molecule has 0 saturated heterocycles. The average molecular weight is 405 g/mol. The normalized spacial score (nSPS) is 37.1. The van der Waals surface area contributed by atoms with Gasteiger partial charge in [-0.15, -0.1) is 0 Å². The lowest BCUT2D eigenvalue weighted by atomic mass is 9.46. The molecule has 5 heteroatoms. The standard InChI is InChI=1S/C24H36O5/c1-5-6-14-28-20-15-17(21(25)29-20)9-10-18-16(2)8-11-19-23(18,3)12-7-13-24(19,4)22(26)27/h15,18-20H,2,5-14H2,1,3-4H3,(H,26,27)/t18-,19+,20+,23+,24-/m0/s1. The number of hydrogen-bond donors (Lipinski definition) is 1. The number of unbranched alkanes of at least 4 members (excludes halogenated alkanes) is 1. The number of carboxylic acids is 1. The largest absolute Gasteiger partial charge is 0.481 e. The highest BCUT2D eigenvalue weighted by Crippen LogP contribution is 2.62. The highest BCUT2D eigenvalue weighted by molar-refractivity contribution is 5.90. The Labute approximate surface area is 174 Å². The lowest BCUT2D eigenvalue weighted by molar-refractivity contribution is -0.164. The van der Waals surface area contributed by atoms with Crippen LogP contribution in [0, 0.1) is 22.7 Å². The molecule has 29 heavy (non-hydrogen) atoms. The topological polar surface area (TPSA) is 72.8 Å². The Morgan fingerprint density at radius 2 is 2.14 bits per heavy atom. The van der Waals surface area contributed by atoms with Crippen LogP contribution in [0.3, 0.4) is 0 Å². The van der Waals surface area contributed by atoms with E-state index in [9.17, 15) is 14.7 Å². The molecular weight excluding hydrogens is 368 g/mol. The van der Waals surface area contributed by atoms with Crippen LogP contribution in [0.25, 0.3) is 0 Å². The summed E-state index contributed by atoms with van der Waals surface area (Å²) in [7, 11) is 0. The zero-order valence-electron chi connectivity index (χ0n) is 18.2. The zero-order valence-corrected chi connectivity index (χ0v) is 18.2. The number of cyclic esters (lactones) is 1. The summed E-state index contributed by atoms with van der Waals surface area (Å²) in [6, 6.07) is 0. The van der Waals surface area contributed by atoms with E-state index in [0.717, 1.165) is 51.4 Å². The maximum Gasteiger partial charge on any atom is 0.336 e. The summed E-state index contributed by atoms with van der Waals surface area (Å²) in [5.74, 6) is -0.581. The van der Waals surface area contributed by atoms with E-state index < -0.39 is 17.7 Å². The summed E-state index contributed by atoms with van der Waals surface area (Å²) in [5, 5.41) is 9.95. The Balaban J connectivity index is 1.71. The molecule has 0 aromatic rings. The van der Waals surface area contributed by atoms with Crippen molar-refractivity contribution in [3.63, 3.8) is 0 Å². The van der Waals surface area contributed by atoms with Crippen LogP contribution in [0.1, 0.15) is 78.6 Å². The van der Waals surface area contributed by atoms with Crippen LogP contribution < -0.4 is 0 Å². The molecule has 0 aromatic carbocycles. The molecule has 2 aliphatic carbocycles. The van der Waals surface area contributed by atoms with Crippen molar-refractivity contribution in [2.24, 2.45) is 22.7 Å². The maximum absolute atomic E-state index is 12.3. The van der Waals surface area contributed by atoms with Gasteiger partial charge in [0.25, 0.3) is 0 Å². The van der Waals surface area contributed by atoms with E-state index in [-0.39, 0.29) is 23.2 Å². The second-order valence-corrected chi connectivity index (χ2v) is 9.61. The maximum atomic E-state index is 12.3. The van der Waals surface area contributed by atoms with Crippen molar-refractivity contribution < 1.29 is 24.2 Å². The van der Waals surface area contributed by atoms with Gasteiger partial charge in [0, 0.05) is 5.57 Å². The van der Waals surface area contributed by atoms with Gasteiger partial charge in [-0.05, 0) is 75.2 Å². The minimum Gasteiger partial charge on any atom is -0.481 e. The molecule has 3 rings (SSSR count). The van der Waals surface area contributed by atoms with E-state index in [1.54, 1.807) is 0 Å². The van der Waals surface area contributed by atoms with E-state index in [4.69, 9.17) is 9.47 Å². The summed E-state index contributed by atoms with van der Waals surface area (Å²) in [5.41, 5.74) is 1.14. The Hall–Kier alpha value is -1.62. The number of aliphatic carboxylic acids is 1. The fourth-order valence-corrected chi connectivity index (χ4v) is 6.10. The van der Waals surface area contributed by atoms with Crippen molar-refractivity contribution in [2.75, 3.05) is 6.61 Å². The van der Waals surface area contributed by atoms with Crippen molar-refractivity contribution in [3.05, 3.63) is 23.8 Å². The molecule has 162 valence electrons. The molecule has 1 N–H and O–H groups in total. The van der Waals surface area contributed by atoms with Crippen molar-refractivity contribution in [2.45, 2.75) is 84.8 Å². The van der Waals surface area contributed by atoms with Crippen LogP contribution in [-0.2, 0) is 19.1 Å². The van der Waals surface area contributed by atoms with Crippen molar-refractivity contribution in [1.29, 1.82) is 0 Å². The van der Waals surface area contributed by atoms with Crippen LogP contribution >= 0.6 is 0 Å².